The average molecular weight is 281 g/mol. The number of aliphatic hydroxyl groups excluding tert-OH is 1. The fourth-order valence-electron chi connectivity index (χ4n) is 2.71. The number of alkyl halides is 3. The number of halogens is 3. The standard InChI is InChI=1S/C13H22F3NO2/c1-12(2)5-3-4-10(11(12)19)8-17(6-7-18)9-13(14,15)16/h10,18H,3-9H2,1-2H3. The Balaban J connectivity index is 2.65. The van der Waals surface area contributed by atoms with Gasteiger partial charge in [-0.05, 0) is 12.8 Å². The Kier molecular flexibility index (Phi) is 5.38. The SMILES string of the molecule is CC1(C)CCCC(CN(CCO)CC(F)(F)F)C1=O. The van der Waals surface area contributed by atoms with Crippen LogP contribution in [0.4, 0.5) is 13.2 Å². The van der Waals surface area contributed by atoms with E-state index in [1.165, 1.54) is 0 Å². The molecule has 6 heteroatoms. The lowest BCUT2D eigenvalue weighted by molar-refractivity contribution is -0.152. The molecule has 1 aliphatic rings. The van der Waals surface area contributed by atoms with Gasteiger partial charge in [0, 0.05) is 24.4 Å². The molecule has 1 rings (SSSR count). The Morgan fingerprint density at radius 2 is 2.05 bits per heavy atom. The third kappa shape index (κ3) is 5.10. The number of aliphatic hydroxyl groups is 1. The molecule has 0 aliphatic heterocycles. The summed E-state index contributed by atoms with van der Waals surface area (Å²) in [7, 11) is 0. The van der Waals surface area contributed by atoms with Gasteiger partial charge >= 0.3 is 6.18 Å². The van der Waals surface area contributed by atoms with Gasteiger partial charge in [0.25, 0.3) is 0 Å². The summed E-state index contributed by atoms with van der Waals surface area (Å²) in [6.07, 6.45) is -2.01. The lowest BCUT2D eigenvalue weighted by Gasteiger charge is -2.36. The first-order valence-corrected chi connectivity index (χ1v) is 6.60. The molecule has 1 aliphatic carbocycles. The van der Waals surface area contributed by atoms with Gasteiger partial charge in [0.1, 0.15) is 5.78 Å². The number of rotatable bonds is 5. The van der Waals surface area contributed by atoms with Crippen molar-refractivity contribution in [3.05, 3.63) is 0 Å². The van der Waals surface area contributed by atoms with Crippen LogP contribution in [-0.4, -0.2) is 48.2 Å². The monoisotopic (exact) mass is 281 g/mol. The lowest BCUT2D eigenvalue weighted by atomic mass is 9.71. The maximum Gasteiger partial charge on any atom is 0.401 e. The van der Waals surface area contributed by atoms with Crippen LogP contribution in [0.15, 0.2) is 0 Å². The Labute approximate surface area is 111 Å². The van der Waals surface area contributed by atoms with Gasteiger partial charge in [-0.15, -0.1) is 0 Å². The molecule has 0 bridgehead atoms. The van der Waals surface area contributed by atoms with Crippen LogP contribution in [0.2, 0.25) is 0 Å². The highest BCUT2D eigenvalue weighted by Crippen LogP contribution is 2.35. The van der Waals surface area contributed by atoms with Gasteiger partial charge < -0.3 is 5.11 Å². The second-order valence-corrected chi connectivity index (χ2v) is 5.91. The quantitative estimate of drug-likeness (QED) is 0.840. The molecule has 1 atom stereocenters. The Morgan fingerprint density at radius 1 is 1.42 bits per heavy atom. The Bertz CT molecular complexity index is 316. The van der Waals surface area contributed by atoms with Crippen molar-refractivity contribution < 1.29 is 23.1 Å². The second kappa shape index (κ2) is 6.22. The number of hydrogen-bond donors (Lipinski definition) is 1. The highest BCUT2D eigenvalue weighted by Gasteiger charge is 2.39. The molecule has 1 unspecified atom stereocenters. The van der Waals surface area contributed by atoms with Crippen LogP contribution in [0, 0.1) is 11.3 Å². The molecule has 0 amide bonds. The first-order valence-electron chi connectivity index (χ1n) is 6.60. The predicted octanol–water partition coefficient (Wildman–Crippen LogP) is 2.24. The van der Waals surface area contributed by atoms with Crippen LogP contribution >= 0.6 is 0 Å². The number of hydrogen-bond acceptors (Lipinski definition) is 3. The van der Waals surface area contributed by atoms with Gasteiger partial charge in [-0.25, -0.2) is 0 Å². The van der Waals surface area contributed by atoms with Crippen molar-refractivity contribution in [2.24, 2.45) is 11.3 Å². The fourth-order valence-corrected chi connectivity index (χ4v) is 2.71. The molecule has 0 saturated heterocycles. The van der Waals surface area contributed by atoms with E-state index in [2.05, 4.69) is 0 Å². The van der Waals surface area contributed by atoms with Gasteiger partial charge in [-0.1, -0.05) is 20.3 Å². The summed E-state index contributed by atoms with van der Waals surface area (Å²) in [4.78, 5) is 13.3. The molecule has 0 aromatic carbocycles. The van der Waals surface area contributed by atoms with Crippen LogP contribution in [0.3, 0.4) is 0 Å². The zero-order valence-electron chi connectivity index (χ0n) is 11.5. The van der Waals surface area contributed by atoms with Crippen molar-refractivity contribution in [1.29, 1.82) is 0 Å². The molecule has 0 aromatic heterocycles. The number of Topliss-reactive ketones (excluding diaryl/α,β-unsaturated/α-hetero) is 1. The molecule has 0 radical (unpaired) electrons. The highest BCUT2D eigenvalue weighted by molar-refractivity contribution is 5.87. The number of carbonyl (C=O) groups excluding carboxylic acids is 1. The highest BCUT2D eigenvalue weighted by atomic mass is 19.4. The largest absolute Gasteiger partial charge is 0.401 e. The van der Waals surface area contributed by atoms with E-state index in [9.17, 15) is 18.0 Å². The van der Waals surface area contributed by atoms with E-state index in [1.54, 1.807) is 0 Å². The Morgan fingerprint density at radius 3 is 2.58 bits per heavy atom. The zero-order valence-corrected chi connectivity index (χ0v) is 11.5. The summed E-state index contributed by atoms with van der Waals surface area (Å²) >= 11 is 0. The van der Waals surface area contributed by atoms with E-state index in [4.69, 9.17) is 5.11 Å². The summed E-state index contributed by atoms with van der Waals surface area (Å²) in [6.45, 7) is 2.33. The van der Waals surface area contributed by atoms with Gasteiger partial charge in [0.15, 0.2) is 0 Å². The summed E-state index contributed by atoms with van der Waals surface area (Å²) < 4.78 is 37.3. The van der Waals surface area contributed by atoms with Crippen LogP contribution in [0.1, 0.15) is 33.1 Å². The van der Waals surface area contributed by atoms with Crippen LogP contribution in [-0.2, 0) is 4.79 Å². The first kappa shape index (κ1) is 16.4. The smallest absolute Gasteiger partial charge is 0.395 e. The maximum absolute atomic E-state index is 12.4. The maximum atomic E-state index is 12.4. The molecule has 1 N–H and O–H groups in total. The van der Waals surface area contributed by atoms with E-state index in [0.29, 0.717) is 6.42 Å². The van der Waals surface area contributed by atoms with E-state index in [1.807, 2.05) is 13.8 Å². The third-order valence-corrected chi connectivity index (χ3v) is 3.69. The number of nitrogens with zero attached hydrogens (tertiary/aromatic N) is 1. The Hall–Kier alpha value is -0.620. The van der Waals surface area contributed by atoms with Crippen molar-refractivity contribution in [3.63, 3.8) is 0 Å². The zero-order chi connectivity index (χ0) is 14.7. The van der Waals surface area contributed by atoms with Crippen LogP contribution in [0.5, 0.6) is 0 Å². The van der Waals surface area contributed by atoms with E-state index in [-0.39, 0.29) is 31.4 Å². The summed E-state index contributed by atoms with van der Waals surface area (Å²) in [5.41, 5.74) is -0.438. The minimum Gasteiger partial charge on any atom is -0.395 e. The molecule has 3 nitrogen and oxygen atoms in total. The van der Waals surface area contributed by atoms with Crippen molar-refractivity contribution in [1.82, 2.24) is 4.90 Å². The van der Waals surface area contributed by atoms with Crippen LogP contribution < -0.4 is 0 Å². The van der Waals surface area contributed by atoms with Gasteiger partial charge in [-0.3, -0.25) is 9.69 Å². The third-order valence-electron chi connectivity index (χ3n) is 3.69. The minimum atomic E-state index is -4.30. The van der Waals surface area contributed by atoms with Gasteiger partial charge in [-0.2, -0.15) is 13.2 Å². The molecular weight excluding hydrogens is 259 g/mol. The van der Waals surface area contributed by atoms with Crippen molar-refractivity contribution in [2.45, 2.75) is 39.3 Å². The molecular formula is C13H22F3NO2. The van der Waals surface area contributed by atoms with E-state index >= 15 is 0 Å². The molecule has 0 aromatic rings. The van der Waals surface area contributed by atoms with Crippen molar-refractivity contribution >= 4 is 5.78 Å². The molecule has 0 spiro atoms. The number of carbonyl (C=O) groups is 1. The lowest BCUT2D eigenvalue weighted by Crippen LogP contribution is -2.45. The van der Waals surface area contributed by atoms with Crippen molar-refractivity contribution in [2.75, 3.05) is 26.2 Å². The normalized spacial score (nSPS) is 23.9. The summed E-state index contributed by atoms with van der Waals surface area (Å²) in [5.74, 6) is -0.304. The second-order valence-electron chi connectivity index (χ2n) is 5.91. The molecule has 19 heavy (non-hydrogen) atoms. The molecule has 1 fully saturated rings. The predicted molar refractivity (Wildman–Crippen MR) is 65.7 cm³/mol. The summed E-state index contributed by atoms with van der Waals surface area (Å²) in [6, 6.07) is 0. The van der Waals surface area contributed by atoms with Crippen LogP contribution in [0.25, 0.3) is 0 Å². The molecule has 0 heterocycles. The van der Waals surface area contributed by atoms with Crippen molar-refractivity contribution in [3.8, 4) is 0 Å². The minimum absolute atomic E-state index is 0.0452. The molecule has 112 valence electrons. The summed E-state index contributed by atoms with van der Waals surface area (Å²) in [5, 5.41) is 8.84. The first-order chi connectivity index (χ1) is 8.65. The van der Waals surface area contributed by atoms with E-state index in [0.717, 1.165) is 17.7 Å². The van der Waals surface area contributed by atoms with E-state index < -0.39 is 18.1 Å². The van der Waals surface area contributed by atoms with Gasteiger partial charge in [0.05, 0.1) is 13.2 Å². The average Bonchev–Trinajstić information content (AvgIpc) is 2.23. The number of ketones is 1. The molecule has 1 saturated carbocycles. The topological polar surface area (TPSA) is 40.5 Å². The fraction of sp³-hybridized carbons (Fsp3) is 0.923. The van der Waals surface area contributed by atoms with Gasteiger partial charge in [0.2, 0.25) is 0 Å².